The van der Waals surface area contributed by atoms with Crippen molar-refractivity contribution in [2.75, 3.05) is 18.0 Å². The molecule has 0 aliphatic carbocycles. The van der Waals surface area contributed by atoms with Crippen LogP contribution in [0.2, 0.25) is 0 Å². The van der Waals surface area contributed by atoms with Crippen LogP contribution in [0.4, 0.5) is 5.82 Å². The summed E-state index contributed by atoms with van der Waals surface area (Å²) in [5, 5.41) is 12.4. The van der Waals surface area contributed by atoms with Gasteiger partial charge in [-0.1, -0.05) is 36.4 Å². The van der Waals surface area contributed by atoms with E-state index in [1.807, 2.05) is 61.2 Å². The van der Waals surface area contributed by atoms with E-state index in [1.165, 1.54) is 10.5 Å². The van der Waals surface area contributed by atoms with Crippen LogP contribution < -0.4 is 15.8 Å². The van der Waals surface area contributed by atoms with Crippen LogP contribution in [0.25, 0.3) is 11.7 Å². The van der Waals surface area contributed by atoms with E-state index in [-0.39, 0.29) is 35.4 Å². The van der Waals surface area contributed by atoms with Gasteiger partial charge in [0.1, 0.15) is 23.1 Å². The molecular weight excluding hydrogens is 418 g/mol. The zero-order valence-corrected chi connectivity index (χ0v) is 18.6. The smallest absolute Gasteiger partial charge is 0.267 e. The van der Waals surface area contributed by atoms with Gasteiger partial charge in [0.15, 0.2) is 0 Å². The molecule has 3 aromatic rings. The second kappa shape index (κ2) is 9.67. The van der Waals surface area contributed by atoms with Crippen LogP contribution >= 0.6 is 0 Å². The Morgan fingerprint density at radius 3 is 2.58 bits per heavy atom. The lowest BCUT2D eigenvalue weighted by Gasteiger charge is -2.36. The van der Waals surface area contributed by atoms with Gasteiger partial charge in [0.2, 0.25) is 0 Å². The van der Waals surface area contributed by atoms with Crippen molar-refractivity contribution in [1.82, 2.24) is 14.7 Å². The predicted octanol–water partition coefficient (Wildman–Crippen LogP) is 2.53. The SMILES string of the molecule is C[C@@H]1CN(c2nc3ccccn3c(=O)c2/C=C(\C#N)C(=O)NCc2ccccc2)C[C@H](C)O1. The normalized spacial score (nSPS) is 18.7. The maximum atomic E-state index is 13.4. The molecule has 1 N–H and O–H groups in total. The third kappa shape index (κ3) is 4.94. The Morgan fingerprint density at radius 2 is 1.88 bits per heavy atom. The molecule has 0 bridgehead atoms. The van der Waals surface area contributed by atoms with Crippen molar-refractivity contribution in [2.45, 2.75) is 32.6 Å². The number of nitriles is 1. The molecule has 4 rings (SSSR count). The third-order valence-electron chi connectivity index (χ3n) is 5.42. The fraction of sp³-hybridized carbons (Fsp3) is 0.280. The number of carbonyl (C=O) groups is 1. The summed E-state index contributed by atoms with van der Waals surface area (Å²) in [6.07, 6.45) is 2.87. The topological polar surface area (TPSA) is 99.7 Å². The standard InChI is InChI=1S/C25H25N5O3/c1-17-15-29(16-18(2)33-17)23-21(25(32)30-11-7-6-10-22(30)28-23)12-20(13-26)24(31)27-14-19-8-4-3-5-9-19/h3-12,17-18H,14-16H2,1-2H3,(H,27,31)/b20-12+/t17-,18+. The lowest BCUT2D eigenvalue weighted by molar-refractivity contribution is -0.117. The summed E-state index contributed by atoms with van der Waals surface area (Å²) in [6, 6.07) is 16.6. The predicted molar refractivity (Wildman–Crippen MR) is 126 cm³/mol. The maximum Gasteiger partial charge on any atom is 0.267 e. The van der Waals surface area contributed by atoms with Crippen molar-refractivity contribution in [3.05, 3.63) is 81.8 Å². The van der Waals surface area contributed by atoms with Crippen molar-refractivity contribution in [3.8, 4) is 6.07 Å². The molecule has 2 atom stereocenters. The molecule has 3 heterocycles. The van der Waals surface area contributed by atoms with Crippen molar-refractivity contribution in [3.63, 3.8) is 0 Å². The molecule has 0 saturated carbocycles. The number of nitrogens with zero attached hydrogens (tertiary/aromatic N) is 4. The lowest BCUT2D eigenvalue weighted by atomic mass is 10.1. The van der Waals surface area contributed by atoms with Gasteiger partial charge in [-0.05, 0) is 37.6 Å². The Kier molecular flexibility index (Phi) is 6.52. The van der Waals surface area contributed by atoms with Crippen LogP contribution in [0, 0.1) is 11.3 Å². The minimum atomic E-state index is -0.548. The summed E-state index contributed by atoms with van der Waals surface area (Å²) in [5.74, 6) is -0.106. The number of hydrogen-bond acceptors (Lipinski definition) is 6. The summed E-state index contributed by atoms with van der Waals surface area (Å²) in [7, 11) is 0. The van der Waals surface area contributed by atoms with Gasteiger partial charge in [-0.15, -0.1) is 0 Å². The summed E-state index contributed by atoms with van der Waals surface area (Å²) in [5.41, 5.74) is 1.11. The number of morpholine rings is 1. The number of benzene rings is 1. The third-order valence-corrected chi connectivity index (χ3v) is 5.42. The van der Waals surface area contributed by atoms with E-state index >= 15 is 0 Å². The number of ether oxygens (including phenoxy) is 1. The van der Waals surface area contributed by atoms with Gasteiger partial charge in [0, 0.05) is 25.8 Å². The average molecular weight is 444 g/mol. The largest absolute Gasteiger partial charge is 0.372 e. The Bertz CT molecular complexity index is 1280. The zero-order chi connectivity index (χ0) is 23.4. The fourth-order valence-corrected chi connectivity index (χ4v) is 3.98. The van der Waals surface area contributed by atoms with E-state index in [2.05, 4.69) is 5.32 Å². The van der Waals surface area contributed by atoms with Crippen molar-refractivity contribution < 1.29 is 9.53 Å². The van der Waals surface area contributed by atoms with Crippen LogP contribution in [-0.4, -0.2) is 40.6 Å². The number of carbonyl (C=O) groups excluding carboxylic acids is 1. The number of hydrogen-bond donors (Lipinski definition) is 1. The molecule has 8 nitrogen and oxygen atoms in total. The van der Waals surface area contributed by atoms with Crippen LogP contribution in [0.5, 0.6) is 0 Å². The Labute approximate surface area is 191 Å². The molecule has 0 unspecified atom stereocenters. The molecule has 1 aliphatic rings. The molecule has 168 valence electrons. The number of nitrogens with one attached hydrogen (secondary N) is 1. The van der Waals surface area contributed by atoms with E-state index < -0.39 is 5.91 Å². The van der Waals surface area contributed by atoms with Crippen LogP contribution in [0.3, 0.4) is 0 Å². The number of rotatable bonds is 5. The first kappa shape index (κ1) is 22.2. The van der Waals surface area contributed by atoms with E-state index in [1.54, 1.807) is 18.3 Å². The highest BCUT2D eigenvalue weighted by Gasteiger charge is 2.27. The van der Waals surface area contributed by atoms with Gasteiger partial charge in [0.25, 0.3) is 11.5 Å². The van der Waals surface area contributed by atoms with Gasteiger partial charge in [-0.25, -0.2) is 4.98 Å². The molecule has 1 aromatic carbocycles. The number of anilines is 1. The highest BCUT2D eigenvalue weighted by atomic mass is 16.5. The zero-order valence-electron chi connectivity index (χ0n) is 18.6. The molecule has 8 heteroatoms. The van der Waals surface area contributed by atoms with Crippen LogP contribution in [0.1, 0.15) is 25.0 Å². The monoisotopic (exact) mass is 443 g/mol. The highest BCUT2D eigenvalue weighted by Crippen LogP contribution is 2.23. The summed E-state index contributed by atoms with van der Waals surface area (Å²) in [6.45, 7) is 5.29. The van der Waals surface area contributed by atoms with Gasteiger partial charge in [-0.2, -0.15) is 5.26 Å². The second-order valence-corrected chi connectivity index (χ2v) is 8.08. The van der Waals surface area contributed by atoms with Gasteiger partial charge in [-0.3, -0.25) is 14.0 Å². The molecule has 1 amide bonds. The molecule has 1 aliphatic heterocycles. The maximum absolute atomic E-state index is 13.4. The van der Waals surface area contributed by atoms with Gasteiger partial charge >= 0.3 is 0 Å². The molecule has 0 radical (unpaired) electrons. The van der Waals surface area contributed by atoms with E-state index in [0.717, 1.165) is 5.56 Å². The highest BCUT2D eigenvalue weighted by molar-refractivity contribution is 6.02. The van der Waals surface area contributed by atoms with E-state index in [0.29, 0.717) is 24.6 Å². The number of aromatic nitrogens is 2. The molecule has 2 aromatic heterocycles. The van der Waals surface area contributed by atoms with E-state index in [4.69, 9.17) is 9.72 Å². The van der Waals surface area contributed by atoms with Crippen LogP contribution in [-0.2, 0) is 16.1 Å². The van der Waals surface area contributed by atoms with Crippen molar-refractivity contribution in [1.29, 1.82) is 5.26 Å². The molecule has 0 spiro atoms. The first-order valence-corrected chi connectivity index (χ1v) is 10.8. The first-order valence-electron chi connectivity index (χ1n) is 10.8. The molecule has 1 saturated heterocycles. The summed E-state index contributed by atoms with van der Waals surface area (Å²) in [4.78, 5) is 32.8. The quantitative estimate of drug-likeness (QED) is 0.481. The molecule has 33 heavy (non-hydrogen) atoms. The second-order valence-electron chi connectivity index (χ2n) is 8.08. The minimum absolute atomic E-state index is 0.0498. The number of amides is 1. The lowest BCUT2D eigenvalue weighted by Crippen LogP contribution is -2.46. The average Bonchev–Trinajstić information content (AvgIpc) is 2.82. The first-order chi connectivity index (χ1) is 16.0. The van der Waals surface area contributed by atoms with Crippen molar-refractivity contribution in [2.24, 2.45) is 0 Å². The summed E-state index contributed by atoms with van der Waals surface area (Å²) < 4.78 is 7.24. The number of fused-ring (bicyclic) bond motifs is 1. The van der Waals surface area contributed by atoms with Gasteiger partial charge in [0.05, 0.1) is 17.8 Å². The van der Waals surface area contributed by atoms with Crippen LogP contribution in [0.15, 0.2) is 65.1 Å². The van der Waals surface area contributed by atoms with Gasteiger partial charge < -0.3 is 15.0 Å². The minimum Gasteiger partial charge on any atom is -0.372 e. The summed E-state index contributed by atoms with van der Waals surface area (Å²) >= 11 is 0. The Hall–Kier alpha value is -3.96. The molecule has 1 fully saturated rings. The fourth-order valence-electron chi connectivity index (χ4n) is 3.98. The number of pyridine rings is 1. The van der Waals surface area contributed by atoms with E-state index in [9.17, 15) is 14.9 Å². The Morgan fingerprint density at radius 1 is 1.18 bits per heavy atom. The molecular formula is C25H25N5O3. The van der Waals surface area contributed by atoms with Crippen molar-refractivity contribution >= 4 is 23.4 Å². The Balaban J connectivity index is 1.75.